The van der Waals surface area contributed by atoms with Crippen LogP contribution in [0.3, 0.4) is 0 Å². The van der Waals surface area contributed by atoms with Crippen LogP contribution in [-0.2, 0) is 11.2 Å². The number of hydrogen-bond donors (Lipinski definition) is 2. The Kier molecular flexibility index (Phi) is 7.27. The number of rotatable bonds is 7. The number of carbonyl (C=O) groups is 1. The molecule has 0 aromatic heterocycles. The minimum absolute atomic E-state index is 0.0703. The third kappa shape index (κ3) is 5.50. The van der Waals surface area contributed by atoms with Crippen molar-refractivity contribution in [1.29, 1.82) is 5.26 Å². The molecule has 0 bridgehead atoms. The number of nitrogens with zero attached hydrogens (tertiary/aromatic N) is 1. The van der Waals surface area contributed by atoms with E-state index in [2.05, 4.69) is 12.2 Å². The van der Waals surface area contributed by atoms with E-state index >= 15 is 0 Å². The molecule has 2 aromatic rings. The predicted octanol–water partition coefficient (Wildman–Crippen LogP) is 4.94. The van der Waals surface area contributed by atoms with Crippen molar-refractivity contribution in [1.82, 2.24) is 0 Å². The highest BCUT2D eigenvalue weighted by molar-refractivity contribution is 6.32. The van der Waals surface area contributed by atoms with Crippen molar-refractivity contribution in [2.45, 2.75) is 26.2 Å². The fourth-order valence-electron chi connectivity index (χ4n) is 2.48. The second kappa shape index (κ2) is 9.65. The normalized spacial score (nSPS) is 11.0. The Bertz CT molecular complexity index is 884. The lowest BCUT2D eigenvalue weighted by Crippen LogP contribution is -2.13. The van der Waals surface area contributed by atoms with E-state index in [1.165, 1.54) is 30.9 Å². The van der Waals surface area contributed by atoms with E-state index in [1.807, 2.05) is 30.3 Å². The lowest BCUT2D eigenvalue weighted by Gasteiger charge is -2.08. The number of phenols is 1. The third-order valence-corrected chi connectivity index (χ3v) is 4.27. The first-order chi connectivity index (χ1) is 13.0. The first kappa shape index (κ1) is 20.3. The molecule has 0 atom stereocenters. The highest BCUT2D eigenvalue weighted by atomic mass is 35.5. The molecule has 0 aliphatic carbocycles. The zero-order valence-corrected chi connectivity index (χ0v) is 16.0. The van der Waals surface area contributed by atoms with Crippen LogP contribution in [-0.4, -0.2) is 18.1 Å². The minimum atomic E-state index is -0.526. The predicted molar refractivity (Wildman–Crippen MR) is 107 cm³/mol. The van der Waals surface area contributed by atoms with E-state index in [0.717, 1.165) is 19.3 Å². The van der Waals surface area contributed by atoms with E-state index < -0.39 is 5.91 Å². The average Bonchev–Trinajstić information content (AvgIpc) is 2.67. The van der Waals surface area contributed by atoms with Crippen LogP contribution in [0.1, 0.15) is 30.9 Å². The topological polar surface area (TPSA) is 82.4 Å². The Morgan fingerprint density at radius 3 is 2.63 bits per heavy atom. The van der Waals surface area contributed by atoms with Crippen LogP contribution in [0.15, 0.2) is 42.0 Å². The summed E-state index contributed by atoms with van der Waals surface area (Å²) in [6, 6.07) is 12.4. The zero-order chi connectivity index (χ0) is 19.8. The molecule has 2 aromatic carbocycles. The number of carbonyl (C=O) groups excluding carboxylic acids is 1. The van der Waals surface area contributed by atoms with Gasteiger partial charge in [0, 0.05) is 5.69 Å². The zero-order valence-electron chi connectivity index (χ0n) is 15.3. The Balaban J connectivity index is 2.17. The molecule has 2 rings (SSSR count). The number of aromatic hydroxyl groups is 1. The van der Waals surface area contributed by atoms with E-state index in [0.29, 0.717) is 11.3 Å². The minimum Gasteiger partial charge on any atom is -0.503 e. The first-order valence-corrected chi connectivity index (χ1v) is 8.94. The number of phenolic OH excluding ortho intramolecular Hbond substituents is 1. The van der Waals surface area contributed by atoms with Gasteiger partial charge in [-0.1, -0.05) is 37.1 Å². The fraction of sp³-hybridized carbons (Fsp3) is 0.238. The van der Waals surface area contributed by atoms with Crippen molar-refractivity contribution < 1.29 is 14.6 Å². The molecule has 2 N–H and O–H groups in total. The summed E-state index contributed by atoms with van der Waals surface area (Å²) >= 11 is 5.94. The van der Waals surface area contributed by atoms with E-state index in [1.54, 1.807) is 0 Å². The van der Waals surface area contributed by atoms with Crippen molar-refractivity contribution >= 4 is 29.3 Å². The lowest BCUT2D eigenvalue weighted by molar-refractivity contribution is -0.112. The van der Waals surface area contributed by atoms with Gasteiger partial charge < -0.3 is 15.2 Å². The van der Waals surface area contributed by atoms with E-state index in [4.69, 9.17) is 16.3 Å². The Morgan fingerprint density at radius 2 is 2.04 bits per heavy atom. The highest BCUT2D eigenvalue weighted by Gasteiger charge is 2.12. The highest BCUT2D eigenvalue weighted by Crippen LogP contribution is 2.35. The lowest BCUT2D eigenvalue weighted by atomic mass is 10.1. The fourth-order valence-corrected chi connectivity index (χ4v) is 2.70. The smallest absolute Gasteiger partial charge is 0.266 e. The molecule has 1 amide bonds. The van der Waals surface area contributed by atoms with Crippen LogP contribution in [0, 0.1) is 11.3 Å². The summed E-state index contributed by atoms with van der Waals surface area (Å²) in [5.74, 6) is -0.557. The van der Waals surface area contributed by atoms with E-state index in [-0.39, 0.29) is 22.1 Å². The number of halogens is 1. The summed E-state index contributed by atoms with van der Waals surface area (Å²) in [4.78, 5) is 12.4. The maximum atomic E-state index is 12.4. The van der Waals surface area contributed by atoms with Crippen molar-refractivity contribution in [2.24, 2.45) is 0 Å². The molecule has 140 valence electrons. The summed E-state index contributed by atoms with van der Waals surface area (Å²) < 4.78 is 5.03. The molecule has 0 radical (unpaired) electrons. The van der Waals surface area contributed by atoms with Gasteiger partial charge in [0.2, 0.25) is 0 Å². The number of benzene rings is 2. The number of ether oxygens (including phenoxy) is 1. The number of unbranched alkanes of at least 4 members (excludes halogenated alkanes) is 1. The van der Waals surface area contributed by atoms with Crippen LogP contribution in [0.25, 0.3) is 6.08 Å². The van der Waals surface area contributed by atoms with Gasteiger partial charge in [-0.15, -0.1) is 0 Å². The molecule has 0 unspecified atom stereocenters. The third-order valence-electron chi connectivity index (χ3n) is 3.98. The molecule has 5 nitrogen and oxygen atoms in total. The van der Waals surface area contributed by atoms with Crippen LogP contribution in [0.2, 0.25) is 5.02 Å². The molecule has 0 heterocycles. The average molecular weight is 385 g/mol. The number of anilines is 1. The van der Waals surface area contributed by atoms with Crippen LogP contribution in [0.4, 0.5) is 5.69 Å². The maximum Gasteiger partial charge on any atom is 0.266 e. The van der Waals surface area contributed by atoms with E-state index in [9.17, 15) is 15.2 Å². The molecule has 27 heavy (non-hydrogen) atoms. The molecule has 0 saturated carbocycles. The standard InChI is InChI=1S/C21H21ClN2O3/c1-3-4-5-14-6-8-17(9-7-14)24-21(26)16(13-23)10-15-11-18(22)20(25)19(12-15)27-2/h6-12,25H,3-5H2,1-2H3,(H,24,26)/b16-10+. The largest absolute Gasteiger partial charge is 0.503 e. The molecule has 0 aliphatic rings. The van der Waals surface area contributed by atoms with Crippen molar-refractivity contribution in [3.05, 3.63) is 58.1 Å². The van der Waals surface area contributed by atoms with Gasteiger partial charge >= 0.3 is 0 Å². The van der Waals surface area contributed by atoms with Crippen molar-refractivity contribution in [3.63, 3.8) is 0 Å². The van der Waals surface area contributed by atoms with Crippen molar-refractivity contribution in [2.75, 3.05) is 12.4 Å². The molecule has 6 heteroatoms. The number of nitriles is 1. The van der Waals surface area contributed by atoms with Gasteiger partial charge in [0.25, 0.3) is 5.91 Å². The summed E-state index contributed by atoms with van der Waals surface area (Å²) in [6.07, 6.45) is 4.63. The van der Waals surface area contributed by atoms with Gasteiger partial charge in [0.1, 0.15) is 11.6 Å². The Labute approximate surface area is 163 Å². The number of aryl methyl sites for hydroxylation is 1. The summed E-state index contributed by atoms with van der Waals surface area (Å²) in [6.45, 7) is 2.14. The van der Waals surface area contributed by atoms with Gasteiger partial charge in [-0.3, -0.25) is 4.79 Å². The Morgan fingerprint density at radius 1 is 1.33 bits per heavy atom. The molecular formula is C21H21ClN2O3. The van der Waals surface area contributed by atoms with Crippen LogP contribution in [0.5, 0.6) is 11.5 Å². The van der Waals surface area contributed by atoms with Gasteiger partial charge in [0.15, 0.2) is 11.5 Å². The second-order valence-corrected chi connectivity index (χ2v) is 6.39. The van der Waals surface area contributed by atoms with Gasteiger partial charge in [0.05, 0.1) is 12.1 Å². The molecule has 0 fully saturated rings. The summed E-state index contributed by atoms with van der Waals surface area (Å²) in [7, 11) is 1.39. The number of methoxy groups -OCH3 is 1. The quantitative estimate of drug-likeness (QED) is 0.523. The van der Waals surface area contributed by atoms with Gasteiger partial charge in [-0.05, 0) is 54.3 Å². The second-order valence-electron chi connectivity index (χ2n) is 5.98. The van der Waals surface area contributed by atoms with Crippen molar-refractivity contribution in [3.8, 4) is 17.6 Å². The van der Waals surface area contributed by atoms with Gasteiger partial charge in [-0.2, -0.15) is 5.26 Å². The molecule has 0 spiro atoms. The SMILES string of the molecule is CCCCc1ccc(NC(=O)/C(C#N)=C/c2cc(Cl)c(O)c(OC)c2)cc1. The summed E-state index contributed by atoms with van der Waals surface area (Å²) in [5.41, 5.74) is 2.20. The molecule has 0 aliphatic heterocycles. The number of amides is 1. The Hall–Kier alpha value is -2.97. The van der Waals surface area contributed by atoms with Crippen LogP contribution >= 0.6 is 11.6 Å². The number of hydrogen-bond acceptors (Lipinski definition) is 4. The van der Waals surface area contributed by atoms with Crippen LogP contribution < -0.4 is 10.1 Å². The number of nitrogens with one attached hydrogen (secondary N) is 1. The molecular weight excluding hydrogens is 364 g/mol. The van der Waals surface area contributed by atoms with Gasteiger partial charge in [-0.25, -0.2) is 0 Å². The first-order valence-electron chi connectivity index (χ1n) is 8.57. The molecule has 0 saturated heterocycles. The maximum absolute atomic E-state index is 12.4. The monoisotopic (exact) mass is 384 g/mol. The summed E-state index contributed by atoms with van der Waals surface area (Å²) in [5, 5.41) is 21.9.